The number of carbonyl (C=O) groups excluding carboxylic acids is 1. The van der Waals surface area contributed by atoms with Gasteiger partial charge in [0.2, 0.25) is 5.91 Å². The lowest BCUT2D eigenvalue weighted by Gasteiger charge is -2.08. The first-order valence-electron chi connectivity index (χ1n) is 6.66. The van der Waals surface area contributed by atoms with Crippen LogP contribution in [-0.2, 0) is 20.4 Å². The van der Waals surface area contributed by atoms with Crippen molar-refractivity contribution in [3.05, 3.63) is 65.5 Å². The Labute approximate surface area is 128 Å². The lowest BCUT2D eigenvalue weighted by Crippen LogP contribution is -2.24. The molecule has 0 aliphatic carbocycles. The molecule has 0 fully saturated rings. The Morgan fingerprint density at radius 3 is 2.36 bits per heavy atom. The van der Waals surface area contributed by atoms with Crippen molar-refractivity contribution in [3.8, 4) is 0 Å². The Kier molecular flexibility index (Phi) is 4.92. The summed E-state index contributed by atoms with van der Waals surface area (Å²) in [7, 11) is -3.57. The molecule has 1 amide bonds. The second-order valence-electron chi connectivity index (χ2n) is 5.01. The first-order valence-corrected chi connectivity index (χ1v) is 8.48. The van der Waals surface area contributed by atoms with Crippen LogP contribution in [-0.4, -0.2) is 20.1 Å². The fourth-order valence-corrected chi connectivity index (χ4v) is 3.36. The number of aryl methyl sites for hydroxylation is 1. The number of benzene rings is 2. The third kappa shape index (κ3) is 4.66. The third-order valence-corrected chi connectivity index (χ3v) is 4.57. The standard InChI is InChI=1S/C16H16FNO3S/c1-12-4-2-3-5-13(12)10-22(20,21)11-16(19)18-15-8-6-14(17)7-9-15/h2-9H,10-11H2,1H3,(H,18,19). The molecule has 6 heteroatoms. The number of anilines is 1. The van der Waals surface area contributed by atoms with Gasteiger partial charge in [0.25, 0.3) is 0 Å². The van der Waals surface area contributed by atoms with Crippen molar-refractivity contribution in [1.29, 1.82) is 0 Å². The highest BCUT2D eigenvalue weighted by atomic mass is 32.2. The number of hydrogen-bond acceptors (Lipinski definition) is 3. The summed E-state index contributed by atoms with van der Waals surface area (Å²) in [5, 5.41) is 2.44. The molecule has 0 unspecified atom stereocenters. The van der Waals surface area contributed by atoms with E-state index < -0.39 is 27.3 Å². The van der Waals surface area contributed by atoms with Crippen molar-refractivity contribution in [2.45, 2.75) is 12.7 Å². The van der Waals surface area contributed by atoms with Gasteiger partial charge in [-0.3, -0.25) is 4.79 Å². The summed E-state index contributed by atoms with van der Waals surface area (Å²) < 4.78 is 36.9. The van der Waals surface area contributed by atoms with Crippen LogP contribution in [0.3, 0.4) is 0 Å². The number of hydrogen-bond donors (Lipinski definition) is 1. The van der Waals surface area contributed by atoms with Crippen LogP contribution in [0, 0.1) is 12.7 Å². The van der Waals surface area contributed by atoms with Crippen LogP contribution in [0.25, 0.3) is 0 Å². The summed E-state index contributed by atoms with van der Waals surface area (Å²) in [5.74, 6) is -1.86. The molecule has 0 aliphatic heterocycles. The lowest BCUT2D eigenvalue weighted by molar-refractivity contribution is -0.113. The fourth-order valence-electron chi connectivity index (χ4n) is 1.99. The molecule has 2 aromatic rings. The van der Waals surface area contributed by atoms with E-state index >= 15 is 0 Å². The van der Waals surface area contributed by atoms with E-state index in [2.05, 4.69) is 5.32 Å². The van der Waals surface area contributed by atoms with Gasteiger partial charge in [0, 0.05) is 5.69 Å². The summed E-state index contributed by atoms with van der Waals surface area (Å²) in [6.45, 7) is 1.82. The minimum Gasteiger partial charge on any atom is -0.325 e. The normalized spacial score (nSPS) is 11.2. The number of nitrogens with one attached hydrogen (secondary N) is 1. The van der Waals surface area contributed by atoms with Gasteiger partial charge in [-0.1, -0.05) is 24.3 Å². The van der Waals surface area contributed by atoms with Gasteiger partial charge in [0.1, 0.15) is 11.6 Å². The molecular weight excluding hydrogens is 305 g/mol. The molecule has 0 atom stereocenters. The van der Waals surface area contributed by atoms with Gasteiger partial charge in [-0.2, -0.15) is 0 Å². The van der Waals surface area contributed by atoms with Gasteiger partial charge < -0.3 is 5.32 Å². The number of sulfone groups is 1. The summed E-state index contributed by atoms with van der Waals surface area (Å²) in [5.41, 5.74) is 1.90. The fraction of sp³-hybridized carbons (Fsp3) is 0.188. The molecule has 22 heavy (non-hydrogen) atoms. The average molecular weight is 321 g/mol. The topological polar surface area (TPSA) is 63.2 Å². The van der Waals surface area contributed by atoms with E-state index in [1.54, 1.807) is 12.1 Å². The summed E-state index contributed by atoms with van der Waals surface area (Å²) >= 11 is 0. The third-order valence-electron chi connectivity index (χ3n) is 3.12. The highest BCUT2D eigenvalue weighted by Crippen LogP contribution is 2.13. The molecular formula is C16H16FNO3S. The van der Waals surface area contributed by atoms with Gasteiger partial charge in [0.15, 0.2) is 9.84 Å². The van der Waals surface area contributed by atoms with Crippen molar-refractivity contribution in [2.24, 2.45) is 0 Å². The van der Waals surface area contributed by atoms with E-state index in [0.29, 0.717) is 11.3 Å². The van der Waals surface area contributed by atoms with E-state index in [-0.39, 0.29) is 5.75 Å². The summed E-state index contributed by atoms with van der Waals surface area (Å²) in [6, 6.07) is 12.3. The maximum atomic E-state index is 12.8. The Balaban J connectivity index is 2.01. The maximum absolute atomic E-state index is 12.8. The van der Waals surface area contributed by atoms with Crippen molar-refractivity contribution >= 4 is 21.4 Å². The van der Waals surface area contributed by atoms with Crippen LogP contribution in [0.2, 0.25) is 0 Å². The highest BCUT2D eigenvalue weighted by Gasteiger charge is 2.18. The van der Waals surface area contributed by atoms with Crippen LogP contribution >= 0.6 is 0 Å². The van der Waals surface area contributed by atoms with Crippen molar-refractivity contribution in [1.82, 2.24) is 0 Å². The van der Waals surface area contributed by atoms with Crippen LogP contribution in [0.5, 0.6) is 0 Å². The molecule has 0 radical (unpaired) electrons. The van der Waals surface area contributed by atoms with Gasteiger partial charge in [-0.25, -0.2) is 12.8 Å². The quantitative estimate of drug-likeness (QED) is 0.921. The molecule has 116 valence electrons. The van der Waals surface area contributed by atoms with E-state index in [1.807, 2.05) is 19.1 Å². The molecule has 0 aromatic heterocycles. The molecule has 2 rings (SSSR count). The van der Waals surface area contributed by atoms with Crippen molar-refractivity contribution < 1.29 is 17.6 Å². The van der Waals surface area contributed by atoms with Gasteiger partial charge in [-0.15, -0.1) is 0 Å². The van der Waals surface area contributed by atoms with Gasteiger partial charge in [0.05, 0.1) is 5.75 Å². The smallest absolute Gasteiger partial charge is 0.239 e. The summed E-state index contributed by atoms with van der Waals surface area (Å²) in [4.78, 5) is 11.8. The Morgan fingerprint density at radius 2 is 1.73 bits per heavy atom. The Morgan fingerprint density at radius 1 is 1.09 bits per heavy atom. The van der Waals surface area contributed by atoms with Crippen molar-refractivity contribution in [2.75, 3.05) is 11.1 Å². The maximum Gasteiger partial charge on any atom is 0.239 e. The highest BCUT2D eigenvalue weighted by molar-refractivity contribution is 7.91. The van der Waals surface area contributed by atoms with Crippen LogP contribution in [0.4, 0.5) is 10.1 Å². The van der Waals surface area contributed by atoms with Crippen LogP contribution < -0.4 is 5.32 Å². The Hall–Kier alpha value is -2.21. The molecule has 1 N–H and O–H groups in total. The minimum absolute atomic E-state index is 0.184. The second kappa shape index (κ2) is 6.70. The van der Waals surface area contributed by atoms with Gasteiger partial charge >= 0.3 is 0 Å². The zero-order valence-corrected chi connectivity index (χ0v) is 12.9. The van der Waals surface area contributed by atoms with Crippen LogP contribution in [0.1, 0.15) is 11.1 Å². The molecule has 0 bridgehead atoms. The van der Waals surface area contributed by atoms with Crippen molar-refractivity contribution in [3.63, 3.8) is 0 Å². The number of amides is 1. The van der Waals surface area contributed by atoms with E-state index in [4.69, 9.17) is 0 Å². The molecule has 0 heterocycles. The summed E-state index contributed by atoms with van der Waals surface area (Å²) in [6.07, 6.45) is 0. The zero-order chi connectivity index (χ0) is 16.2. The Bertz CT molecular complexity index is 770. The predicted molar refractivity (Wildman–Crippen MR) is 83.7 cm³/mol. The SMILES string of the molecule is Cc1ccccc1CS(=O)(=O)CC(=O)Nc1ccc(F)cc1. The second-order valence-corrected chi connectivity index (χ2v) is 7.08. The molecule has 2 aromatic carbocycles. The number of carbonyl (C=O) groups is 1. The number of rotatable bonds is 5. The van der Waals surface area contributed by atoms with Gasteiger partial charge in [-0.05, 0) is 42.3 Å². The average Bonchev–Trinajstić information content (AvgIpc) is 2.43. The lowest BCUT2D eigenvalue weighted by atomic mass is 10.1. The molecule has 0 aliphatic rings. The molecule has 0 saturated heterocycles. The molecule has 4 nitrogen and oxygen atoms in total. The minimum atomic E-state index is -3.57. The molecule has 0 spiro atoms. The molecule has 0 saturated carbocycles. The van der Waals surface area contributed by atoms with Crippen LogP contribution in [0.15, 0.2) is 48.5 Å². The van der Waals surface area contributed by atoms with E-state index in [9.17, 15) is 17.6 Å². The first-order chi connectivity index (χ1) is 10.4. The number of halogens is 1. The largest absolute Gasteiger partial charge is 0.325 e. The zero-order valence-electron chi connectivity index (χ0n) is 12.0. The monoisotopic (exact) mass is 321 g/mol. The first kappa shape index (κ1) is 16.2. The van der Waals surface area contributed by atoms with E-state index in [1.165, 1.54) is 24.3 Å². The van der Waals surface area contributed by atoms with E-state index in [0.717, 1.165) is 5.56 Å². The predicted octanol–water partition coefficient (Wildman–Crippen LogP) is 2.69.